The molecule has 5 nitrogen and oxygen atoms in total. The summed E-state index contributed by atoms with van der Waals surface area (Å²) in [5.41, 5.74) is 6.20. The van der Waals surface area contributed by atoms with E-state index in [0.29, 0.717) is 23.4 Å². The predicted octanol–water partition coefficient (Wildman–Crippen LogP) is 2.12. The summed E-state index contributed by atoms with van der Waals surface area (Å²) in [6.45, 7) is 7.28. The fraction of sp³-hybridized carbons (Fsp3) is 0.733. The van der Waals surface area contributed by atoms with Crippen LogP contribution in [-0.2, 0) is 6.54 Å². The van der Waals surface area contributed by atoms with Crippen molar-refractivity contribution in [3.05, 3.63) is 21.6 Å². The maximum Gasteiger partial charge on any atom is 0.287 e. The third-order valence-electron chi connectivity index (χ3n) is 4.03. The van der Waals surface area contributed by atoms with Crippen LogP contribution in [0.4, 0.5) is 5.69 Å². The monoisotopic (exact) mass is 312 g/mol. The van der Waals surface area contributed by atoms with Crippen LogP contribution in [0, 0.1) is 11.8 Å². The maximum atomic E-state index is 12.3. The van der Waals surface area contributed by atoms with Crippen molar-refractivity contribution in [3.8, 4) is 0 Å². The summed E-state index contributed by atoms with van der Waals surface area (Å²) in [6, 6.07) is 0. The fourth-order valence-corrected chi connectivity index (χ4v) is 3.12. The number of aromatic nitrogens is 2. The van der Waals surface area contributed by atoms with Gasteiger partial charge in [-0.3, -0.25) is 4.79 Å². The Labute approximate surface area is 131 Å². The smallest absolute Gasteiger partial charge is 0.287 e. The van der Waals surface area contributed by atoms with Crippen molar-refractivity contribution in [1.82, 2.24) is 9.78 Å². The van der Waals surface area contributed by atoms with E-state index in [1.807, 2.05) is 0 Å². The van der Waals surface area contributed by atoms with Gasteiger partial charge in [-0.25, -0.2) is 4.68 Å². The normalized spacial score (nSPS) is 16.7. The molecule has 1 aliphatic heterocycles. The molecule has 2 heterocycles. The first-order valence-corrected chi connectivity index (χ1v) is 8.11. The number of hydrogen-bond donors (Lipinski definition) is 1. The average Bonchev–Trinajstić information content (AvgIpc) is 2.45. The molecule has 6 heteroatoms. The molecule has 2 rings (SSSR count). The molecule has 2 N–H and O–H groups in total. The largest absolute Gasteiger partial charge is 0.369 e. The van der Waals surface area contributed by atoms with Crippen molar-refractivity contribution in [2.24, 2.45) is 17.6 Å². The Morgan fingerprint density at radius 3 is 2.67 bits per heavy atom. The lowest BCUT2D eigenvalue weighted by Crippen LogP contribution is -2.36. The Kier molecular flexibility index (Phi) is 5.65. The van der Waals surface area contributed by atoms with Gasteiger partial charge in [-0.2, -0.15) is 5.10 Å². The molecule has 0 atom stereocenters. The van der Waals surface area contributed by atoms with Crippen molar-refractivity contribution in [1.29, 1.82) is 0 Å². The molecule has 0 bridgehead atoms. The van der Waals surface area contributed by atoms with Crippen LogP contribution in [0.3, 0.4) is 0 Å². The van der Waals surface area contributed by atoms with Crippen LogP contribution in [0.1, 0.15) is 33.1 Å². The molecule has 0 aromatic carbocycles. The van der Waals surface area contributed by atoms with Gasteiger partial charge in [0.2, 0.25) is 0 Å². The van der Waals surface area contributed by atoms with Crippen LogP contribution in [0.2, 0.25) is 5.02 Å². The molecule has 1 aromatic heterocycles. The van der Waals surface area contributed by atoms with E-state index in [1.165, 1.54) is 4.68 Å². The van der Waals surface area contributed by atoms with E-state index in [2.05, 4.69) is 23.8 Å². The van der Waals surface area contributed by atoms with Crippen molar-refractivity contribution in [2.45, 2.75) is 39.7 Å². The van der Waals surface area contributed by atoms with Gasteiger partial charge in [0, 0.05) is 19.6 Å². The number of hydrogen-bond acceptors (Lipinski definition) is 4. The van der Waals surface area contributed by atoms with Crippen molar-refractivity contribution in [3.63, 3.8) is 0 Å². The van der Waals surface area contributed by atoms with E-state index in [-0.39, 0.29) is 5.56 Å². The Morgan fingerprint density at radius 1 is 1.43 bits per heavy atom. The number of nitrogens with zero attached hydrogens (tertiary/aromatic N) is 3. The van der Waals surface area contributed by atoms with Crippen LogP contribution >= 0.6 is 11.6 Å². The molecule has 118 valence electrons. The third kappa shape index (κ3) is 3.98. The summed E-state index contributed by atoms with van der Waals surface area (Å²) in [7, 11) is 0. The molecule has 0 saturated carbocycles. The van der Waals surface area contributed by atoms with E-state index in [4.69, 9.17) is 17.3 Å². The summed E-state index contributed by atoms with van der Waals surface area (Å²) in [6.07, 6.45) is 5.01. The van der Waals surface area contributed by atoms with Gasteiger partial charge in [-0.1, -0.05) is 25.4 Å². The van der Waals surface area contributed by atoms with Gasteiger partial charge in [0.15, 0.2) is 0 Å². The molecule has 1 aliphatic rings. The molecule has 0 spiro atoms. The summed E-state index contributed by atoms with van der Waals surface area (Å²) in [4.78, 5) is 14.4. The summed E-state index contributed by atoms with van der Waals surface area (Å²) >= 11 is 6.28. The van der Waals surface area contributed by atoms with E-state index < -0.39 is 0 Å². The second kappa shape index (κ2) is 7.27. The minimum atomic E-state index is -0.188. The van der Waals surface area contributed by atoms with E-state index in [9.17, 15) is 4.79 Å². The number of piperidine rings is 1. The highest BCUT2D eigenvalue weighted by molar-refractivity contribution is 6.33. The van der Waals surface area contributed by atoms with Crippen LogP contribution in [0.25, 0.3) is 0 Å². The SMILES string of the molecule is CC(C)Cn1ncc(N2CCC(CCN)CC2)c(Cl)c1=O. The Balaban J connectivity index is 2.11. The lowest BCUT2D eigenvalue weighted by molar-refractivity contribution is 0.385. The van der Waals surface area contributed by atoms with Gasteiger partial charge in [0.05, 0.1) is 11.9 Å². The quantitative estimate of drug-likeness (QED) is 0.904. The number of halogens is 1. The molecule has 0 unspecified atom stereocenters. The van der Waals surface area contributed by atoms with Crippen LogP contribution in [-0.4, -0.2) is 29.4 Å². The van der Waals surface area contributed by atoms with Gasteiger partial charge < -0.3 is 10.6 Å². The average molecular weight is 313 g/mol. The molecule has 0 amide bonds. The summed E-state index contributed by atoms with van der Waals surface area (Å²) in [5.74, 6) is 1.06. The van der Waals surface area contributed by atoms with Crippen LogP contribution in [0.15, 0.2) is 11.0 Å². The van der Waals surface area contributed by atoms with E-state index >= 15 is 0 Å². The Hall–Kier alpha value is -1.07. The van der Waals surface area contributed by atoms with Gasteiger partial charge >= 0.3 is 0 Å². The molecule has 1 aromatic rings. The third-order valence-corrected chi connectivity index (χ3v) is 4.39. The molecule has 0 aliphatic carbocycles. The fourth-order valence-electron chi connectivity index (χ4n) is 2.85. The zero-order valence-corrected chi connectivity index (χ0v) is 13.6. The Morgan fingerprint density at radius 2 is 2.10 bits per heavy atom. The first-order chi connectivity index (χ1) is 10.0. The number of nitrogens with two attached hydrogens (primary N) is 1. The van der Waals surface area contributed by atoms with Crippen molar-refractivity contribution in [2.75, 3.05) is 24.5 Å². The predicted molar refractivity (Wildman–Crippen MR) is 87.0 cm³/mol. The molecule has 0 radical (unpaired) electrons. The maximum absolute atomic E-state index is 12.3. The zero-order chi connectivity index (χ0) is 15.4. The Bertz CT molecular complexity index is 521. The van der Waals surface area contributed by atoms with Crippen molar-refractivity contribution < 1.29 is 0 Å². The molecule has 1 saturated heterocycles. The van der Waals surface area contributed by atoms with Gasteiger partial charge in [0.25, 0.3) is 5.56 Å². The summed E-state index contributed by atoms with van der Waals surface area (Å²) < 4.78 is 1.46. The standard InChI is InChI=1S/C15H25ClN4O/c1-11(2)10-20-15(21)14(16)13(9-18-20)19-7-4-12(3-6-17)5-8-19/h9,11-12H,3-8,10,17H2,1-2H3. The van der Waals surface area contributed by atoms with Gasteiger partial charge in [-0.05, 0) is 37.6 Å². The van der Waals surface area contributed by atoms with Crippen molar-refractivity contribution >= 4 is 17.3 Å². The van der Waals surface area contributed by atoms with Crippen LogP contribution in [0.5, 0.6) is 0 Å². The lowest BCUT2D eigenvalue weighted by atomic mass is 9.93. The first-order valence-electron chi connectivity index (χ1n) is 7.73. The second-order valence-electron chi connectivity index (χ2n) is 6.23. The van der Waals surface area contributed by atoms with Crippen LogP contribution < -0.4 is 16.2 Å². The topological polar surface area (TPSA) is 64.2 Å². The second-order valence-corrected chi connectivity index (χ2v) is 6.61. The highest BCUT2D eigenvalue weighted by Gasteiger charge is 2.22. The molecular weight excluding hydrogens is 288 g/mol. The summed E-state index contributed by atoms with van der Waals surface area (Å²) in [5, 5.41) is 4.56. The lowest BCUT2D eigenvalue weighted by Gasteiger charge is -2.33. The van der Waals surface area contributed by atoms with Gasteiger partial charge in [-0.15, -0.1) is 0 Å². The van der Waals surface area contributed by atoms with Gasteiger partial charge in [0.1, 0.15) is 5.02 Å². The highest BCUT2D eigenvalue weighted by atomic mass is 35.5. The number of rotatable bonds is 5. The minimum absolute atomic E-state index is 0.188. The number of anilines is 1. The first kappa shape index (κ1) is 16.3. The molecule has 21 heavy (non-hydrogen) atoms. The molecule has 1 fully saturated rings. The van der Waals surface area contributed by atoms with E-state index in [1.54, 1.807) is 6.20 Å². The highest BCUT2D eigenvalue weighted by Crippen LogP contribution is 2.27. The molecular formula is C15H25ClN4O. The zero-order valence-electron chi connectivity index (χ0n) is 12.9. The minimum Gasteiger partial charge on any atom is -0.369 e. The van der Waals surface area contributed by atoms with E-state index in [0.717, 1.165) is 44.6 Å².